The Kier molecular flexibility index (Phi) is 9.21. The molecule has 1 aliphatic heterocycles. The van der Waals surface area contributed by atoms with Gasteiger partial charge in [-0.1, -0.05) is 13.8 Å². The first-order chi connectivity index (χ1) is 12.2. The number of hydrogen-bond donors (Lipinski definition) is 2. The summed E-state index contributed by atoms with van der Waals surface area (Å²) in [6, 6.07) is 0. The van der Waals surface area contributed by atoms with Gasteiger partial charge in [0.1, 0.15) is 0 Å². The fraction of sp³-hybridized carbons (Fsp3) is 0.778. The van der Waals surface area contributed by atoms with Crippen molar-refractivity contribution in [2.24, 2.45) is 4.99 Å². The second-order valence-corrected chi connectivity index (χ2v) is 7.41. The number of nitrogens with one attached hydrogen (secondary N) is 2. The van der Waals surface area contributed by atoms with E-state index in [1.165, 1.54) is 5.01 Å². The first-order valence-electron chi connectivity index (χ1n) is 9.34. The molecule has 1 atom stereocenters. The maximum absolute atomic E-state index is 5.68. The van der Waals surface area contributed by atoms with E-state index in [1.807, 2.05) is 0 Å². The van der Waals surface area contributed by atoms with E-state index in [1.54, 1.807) is 11.3 Å². The lowest BCUT2D eigenvalue weighted by molar-refractivity contribution is 0.0168. The van der Waals surface area contributed by atoms with Gasteiger partial charge in [0.25, 0.3) is 0 Å². The summed E-state index contributed by atoms with van der Waals surface area (Å²) < 4.78 is 11.2. The second-order valence-electron chi connectivity index (χ2n) is 6.52. The zero-order valence-corrected chi connectivity index (χ0v) is 16.5. The minimum Gasteiger partial charge on any atom is -0.379 e. The van der Waals surface area contributed by atoms with Crippen LogP contribution >= 0.6 is 11.3 Å². The van der Waals surface area contributed by atoms with Crippen molar-refractivity contribution in [3.8, 4) is 0 Å². The molecule has 0 aliphatic carbocycles. The molecule has 7 heteroatoms. The van der Waals surface area contributed by atoms with E-state index >= 15 is 0 Å². The molecule has 6 nitrogen and oxygen atoms in total. The Morgan fingerprint density at radius 1 is 1.48 bits per heavy atom. The van der Waals surface area contributed by atoms with Gasteiger partial charge in [-0.3, -0.25) is 0 Å². The summed E-state index contributed by atoms with van der Waals surface area (Å²) in [5.41, 5.74) is 1.03. The van der Waals surface area contributed by atoms with Gasteiger partial charge in [-0.15, -0.1) is 11.3 Å². The average molecular weight is 369 g/mol. The lowest BCUT2D eigenvalue weighted by Crippen LogP contribution is -2.38. The molecule has 0 amide bonds. The number of hydrogen-bond acceptors (Lipinski definition) is 5. The predicted molar refractivity (Wildman–Crippen MR) is 103 cm³/mol. The van der Waals surface area contributed by atoms with Crippen molar-refractivity contribution in [2.45, 2.75) is 58.6 Å². The molecule has 2 heterocycles. The van der Waals surface area contributed by atoms with Crippen LogP contribution in [-0.2, 0) is 16.0 Å². The van der Waals surface area contributed by atoms with Gasteiger partial charge in [0, 0.05) is 37.6 Å². The number of thiazole rings is 1. The van der Waals surface area contributed by atoms with Crippen LogP contribution in [0.2, 0.25) is 0 Å². The molecule has 2 rings (SSSR count). The highest BCUT2D eigenvalue weighted by Gasteiger charge is 2.14. The fourth-order valence-electron chi connectivity index (χ4n) is 2.53. The minimum absolute atomic E-state index is 0.306. The maximum atomic E-state index is 5.68. The first kappa shape index (κ1) is 20.1. The summed E-state index contributed by atoms with van der Waals surface area (Å²) in [5, 5.41) is 9.90. The molecule has 0 radical (unpaired) electrons. The number of nitrogens with zero attached hydrogens (tertiary/aromatic N) is 2. The van der Waals surface area contributed by atoms with Gasteiger partial charge in [0.05, 0.1) is 30.0 Å². The molecule has 0 aromatic carbocycles. The quantitative estimate of drug-likeness (QED) is 0.378. The standard InChI is InChI=1S/C18H32N4O2S/c1-4-19-18(21-11-15-13-25-17(22-15)14(2)3)20-8-6-9-23-12-16-7-5-10-24-16/h13-14,16H,4-12H2,1-3H3,(H2,19,20,21). The van der Waals surface area contributed by atoms with Crippen LogP contribution in [0.5, 0.6) is 0 Å². The Morgan fingerprint density at radius 3 is 3.04 bits per heavy atom. The lowest BCUT2D eigenvalue weighted by atomic mass is 10.2. The van der Waals surface area contributed by atoms with Crippen LogP contribution in [-0.4, -0.2) is 50.0 Å². The summed E-state index contributed by atoms with van der Waals surface area (Å²) in [6.45, 7) is 11.0. The Labute approximate surface area is 155 Å². The third-order valence-corrected chi connectivity index (χ3v) is 5.09. The molecule has 1 aromatic rings. The van der Waals surface area contributed by atoms with Gasteiger partial charge in [-0.25, -0.2) is 9.98 Å². The lowest BCUT2D eigenvalue weighted by Gasteiger charge is -2.12. The van der Waals surface area contributed by atoms with Crippen LogP contribution in [0.4, 0.5) is 0 Å². The van der Waals surface area contributed by atoms with Gasteiger partial charge in [0.15, 0.2) is 5.96 Å². The number of rotatable bonds is 10. The molecular formula is C18H32N4O2S. The molecule has 1 saturated heterocycles. The largest absolute Gasteiger partial charge is 0.379 e. The normalized spacial score (nSPS) is 18.1. The van der Waals surface area contributed by atoms with Crippen LogP contribution in [0.15, 0.2) is 10.4 Å². The minimum atomic E-state index is 0.306. The molecule has 0 bridgehead atoms. The number of ether oxygens (including phenoxy) is 2. The molecule has 1 unspecified atom stereocenters. The summed E-state index contributed by atoms with van der Waals surface area (Å²) in [7, 11) is 0. The second kappa shape index (κ2) is 11.4. The highest BCUT2D eigenvalue weighted by molar-refractivity contribution is 7.09. The molecule has 25 heavy (non-hydrogen) atoms. The van der Waals surface area contributed by atoms with Gasteiger partial charge < -0.3 is 20.1 Å². The highest BCUT2D eigenvalue weighted by Crippen LogP contribution is 2.19. The van der Waals surface area contributed by atoms with Crippen molar-refractivity contribution in [3.63, 3.8) is 0 Å². The van der Waals surface area contributed by atoms with Gasteiger partial charge in [0.2, 0.25) is 0 Å². The Morgan fingerprint density at radius 2 is 2.36 bits per heavy atom. The molecule has 1 aliphatic rings. The van der Waals surface area contributed by atoms with Crippen LogP contribution in [0.3, 0.4) is 0 Å². The molecule has 0 saturated carbocycles. The summed E-state index contributed by atoms with van der Waals surface area (Å²) >= 11 is 1.71. The van der Waals surface area contributed by atoms with Crippen molar-refractivity contribution in [3.05, 3.63) is 16.1 Å². The van der Waals surface area contributed by atoms with Crippen molar-refractivity contribution >= 4 is 17.3 Å². The Balaban J connectivity index is 1.64. The monoisotopic (exact) mass is 368 g/mol. The van der Waals surface area contributed by atoms with Crippen molar-refractivity contribution < 1.29 is 9.47 Å². The topological polar surface area (TPSA) is 67.8 Å². The van der Waals surface area contributed by atoms with Crippen molar-refractivity contribution in [1.82, 2.24) is 15.6 Å². The summed E-state index contributed by atoms with van der Waals surface area (Å²) in [6.07, 6.45) is 3.55. The zero-order chi connectivity index (χ0) is 17.9. The van der Waals surface area contributed by atoms with Crippen molar-refractivity contribution in [2.75, 3.05) is 32.9 Å². The zero-order valence-electron chi connectivity index (χ0n) is 15.7. The van der Waals surface area contributed by atoms with E-state index in [0.717, 1.165) is 63.8 Å². The molecule has 142 valence electrons. The average Bonchev–Trinajstić information content (AvgIpc) is 3.27. The third-order valence-electron chi connectivity index (χ3n) is 3.89. The molecular weight excluding hydrogens is 336 g/mol. The summed E-state index contributed by atoms with van der Waals surface area (Å²) in [4.78, 5) is 9.24. The molecule has 1 fully saturated rings. The highest BCUT2D eigenvalue weighted by atomic mass is 32.1. The summed E-state index contributed by atoms with van der Waals surface area (Å²) in [5.74, 6) is 1.31. The number of aliphatic imine (C=N–C) groups is 1. The SMILES string of the molecule is CCNC(=NCc1csc(C(C)C)n1)NCCCOCC1CCCO1. The Hall–Kier alpha value is -1.18. The van der Waals surface area contributed by atoms with Gasteiger partial charge in [-0.2, -0.15) is 0 Å². The fourth-order valence-corrected chi connectivity index (χ4v) is 3.36. The molecule has 2 N–H and O–H groups in total. The van der Waals surface area contributed by atoms with Crippen molar-refractivity contribution in [1.29, 1.82) is 0 Å². The van der Waals surface area contributed by atoms with E-state index in [-0.39, 0.29) is 0 Å². The van der Waals surface area contributed by atoms with Gasteiger partial charge >= 0.3 is 0 Å². The van der Waals surface area contributed by atoms with Crippen LogP contribution in [0.25, 0.3) is 0 Å². The van der Waals surface area contributed by atoms with E-state index in [4.69, 9.17) is 9.47 Å². The molecule has 1 aromatic heterocycles. The maximum Gasteiger partial charge on any atom is 0.191 e. The third kappa shape index (κ3) is 7.71. The predicted octanol–water partition coefficient (Wildman–Crippen LogP) is 2.91. The van der Waals surface area contributed by atoms with E-state index in [0.29, 0.717) is 18.6 Å². The first-order valence-corrected chi connectivity index (χ1v) is 10.2. The van der Waals surface area contributed by atoms with E-state index < -0.39 is 0 Å². The number of guanidine groups is 1. The van der Waals surface area contributed by atoms with E-state index in [9.17, 15) is 0 Å². The van der Waals surface area contributed by atoms with E-state index in [2.05, 4.69) is 46.8 Å². The van der Waals surface area contributed by atoms with Crippen LogP contribution in [0.1, 0.15) is 56.7 Å². The van der Waals surface area contributed by atoms with Crippen LogP contribution in [0, 0.1) is 0 Å². The molecule has 0 spiro atoms. The van der Waals surface area contributed by atoms with Crippen LogP contribution < -0.4 is 10.6 Å². The van der Waals surface area contributed by atoms with Gasteiger partial charge in [-0.05, 0) is 26.2 Å². The number of aromatic nitrogens is 1. The smallest absolute Gasteiger partial charge is 0.191 e. The Bertz CT molecular complexity index is 513.